The molecule has 304 valence electrons. The lowest BCUT2D eigenvalue weighted by atomic mass is 10.00. The van der Waals surface area contributed by atoms with E-state index in [4.69, 9.17) is 42.4 Å². The average molecular weight is 831 g/mol. The maximum Gasteiger partial charge on any atom is 0.410 e. The molecule has 0 saturated carbocycles. The topological polar surface area (TPSA) is 174 Å². The number of ether oxygens (including phenoxy) is 3. The fourth-order valence-electron chi connectivity index (χ4n) is 7.07. The van der Waals surface area contributed by atoms with Crippen LogP contribution >= 0.6 is 23.2 Å². The minimum atomic E-state index is -0.710. The van der Waals surface area contributed by atoms with Crippen LogP contribution < -0.4 is 25.4 Å². The predicted molar refractivity (Wildman–Crippen MR) is 219 cm³/mol. The van der Waals surface area contributed by atoms with Crippen molar-refractivity contribution in [3.63, 3.8) is 0 Å². The van der Waals surface area contributed by atoms with Crippen LogP contribution in [0, 0.1) is 0 Å². The van der Waals surface area contributed by atoms with E-state index >= 15 is 0 Å². The fourth-order valence-corrected chi connectivity index (χ4v) is 7.71. The number of nitrogens with one attached hydrogen (secondary N) is 3. The molecule has 5 aromatic rings. The van der Waals surface area contributed by atoms with E-state index in [-0.39, 0.29) is 37.0 Å². The molecule has 58 heavy (non-hydrogen) atoms. The second-order valence-electron chi connectivity index (χ2n) is 15.2. The summed E-state index contributed by atoms with van der Waals surface area (Å²) in [6.07, 6.45) is 5.33. The summed E-state index contributed by atoms with van der Waals surface area (Å²) in [5, 5.41) is 14.6. The molecule has 0 aliphatic carbocycles. The van der Waals surface area contributed by atoms with E-state index in [1.54, 1.807) is 35.0 Å². The molecule has 0 bridgehead atoms. The van der Waals surface area contributed by atoms with Gasteiger partial charge in [0.05, 0.1) is 48.7 Å². The Balaban J connectivity index is 1.14. The minimum Gasteiger partial charge on any atom is -0.493 e. The van der Waals surface area contributed by atoms with Crippen LogP contribution in [-0.4, -0.2) is 92.4 Å². The van der Waals surface area contributed by atoms with Crippen LogP contribution in [0.3, 0.4) is 0 Å². The van der Waals surface area contributed by atoms with E-state index in [0.717, 1.165) is 6.42 Å². The molecule has 2 fully saturated rings. The normalized spacial score (nSPS) is 16.7. The molecule has 0 unspecified atom stereocenters. The number of rotatable bonds is 13. The molecule has 15 nitrogen and oxygen atoms in total. The van der Waals surface area contributed by atoms with Crippen molar-refractivity contribution >= 4 is 46.8 Å². The molecular formula is C41H45Cl2N9O6. The zero-order valence-electron chi connectivity index (χ0n) is 32.9. The molecule has 1 aromatic carbocycles. The first kappa shape index (κ1) is 40.7. The zero-order chi connectivity index (χ0) is 41.1. The Morgan fingerprint density at radius 1 is 0.948 bits per heavy atom. The number of pyridine rings is 3. The molecule has 7 rings (SSSR count). The Kier molecular flexibility index (Phi) is 12.0. The predicted octanol–water partition coefficient (Wildman–Crippen LogP) is 6.23. The van der Waals surface area contributed by atoms with Gasteiger partial charge in [0.2, 0.25) is 17.7 Å². The van der Waals surface area contributed by atoms with Gasteiger partial charge in [-0.3, -0.25) is 14.6 Å². The molecule has 17 heteroatoms. The van der Waals surface area contributed by atoms with Crippen molar-refractivity contribution in [3.8, 4) is 45.3 Å². The van der Waals surface area contributed by atoms with Gasteiger partial charge in [-0.15, -0.1) is 5.10 Å². The van der Waals surface area contributed by atoms with Crippen molar-refractivity contribution in [2.24, 2.45) is 0 Å². The Labute approximate surface area is 345 Å². The average Bonchev–Trinajstić information content (AvgIpc) is 3.93. The first-order chi connectivity index (χ1) is 27.8. The molecule has 2 aliphatic rings. The molecule has 2 saturated heterocycles. The largest absolute Gasteiger partial charge is 0.493 e. The summed E-state index contributed by atoms with van der Waals surface area (Å²) in [5.41, 5.74) is 4.11. The van der Waals surface area contributed by atoms with Gasteiger partial charge in [-0.05, 0) is 57.9 Å². The van der Waals surface area contributed by atoms with Crippen molar-refractivity contribution < 1.29 is 28.6 Å². The number of amides is 3. The number of methoxy groups -OCH3 is 2. The molecule has 6 heterocycles. The van der Waals surface area contributed by atoms with Crippen LogP contribution in [0.2, 0.25) is 10.0 Å². The summed E-state index contributed by atoms with van der Waals surface area (Å²) in [4.78, 5) is 52.5. The number of hydrogen-bond acceptors (Lipinski definition) is 11. The standard InChI is InChI=1S/C41H45Cl2N9O6/c1-41(2,3)58-40(55)51(22-26-11-14-34(54)47-26)20-23-9-12-30(48-39(23)57-5)29-8-6-7-27(35(29)42)28-15-16-45-37(36(28)43)24-17-31(56-4)38-49-32(50-52(38)21-24)19-44-18-25-10-13-33(53)46-25/h6-9,12,15-17,21,25-26,44H,10-11,13-14,18-20,22H2,1-5H3,(H,46,53)(H,47,54)/t25-,26-/m0/s1. The van der Waals surface area contributed by atoms with Crippen molar-refractivity contribution in [2.75, 3.05) is 27.3 Å². The van der Waals surface area contributed by atoms with Gasteiger partial charge in [0.15, 0.2) is 17.2 Å². The number of nitrogens with zero attached hydrogens (tertiary/aromatic N) is 6. The molecular weight excluding hydrogens is 785 g/mol. The summed E-state index contributed by atoms with van der Waals surface area (Å²) in [6.45, 7) is 6.86. The maximum atomic E-state index is 13.3. The van der Waals surface area contributed by atoms with E-state index in [9.17, 15) is 14.4 Å². The SMILES string of the molecule is COc1nc(-c2cccc(-c3ccnc(-c4cc(OC)c5nc(CNC[C@@H]6CCC(=O)N6)nn5c4)c3Cl)c2Cl)ccc1CN(C[C@@H]1CCC(=O)N1)C(=O)OC(C)(C)C. The second-order valence-corrected chi connectivity index (χ2v) is 16.0. The van der Waals surface area contributed by atoms with E-state index in [1.807, 2.05) is 57.2 Å². The minimum absolute atomic E-state index is 0.0400. The number of benzene rings is 1. The fraction of sp³-hybridized carbons (Fsp3) is 0.390. The molecule has 4 aromatic heterocycles. The van der Waals surface area contributed by atoms with Gasteiger partial charge in [0.25, 0.3) is 0 Å². The van der Waals surface area contributed by atoms with E-state index in [1.165, 1.54) is 7.11 Å². The van der Waals surface area contributed by atoms with Gasteiger partial charge in [-0.2, -0.15) is 0 Å². The Hall–Kier alpha value is -5.51. The van der Waals surface area contributed by atoms with Crippen LogP contribution in [-0.2, 0) is 27.4 Å². The third kappa shape index (κ3) is 9.11. The van der Waals surface area contributed by atoms with Crippen LogP contribution in [0.25, 0.3) is 39.3 Å². The molecule has 0 spiro atoms. The first-order valence-electron chi connectivity index (χ1n) is 19.0. The Bertz CT molecular complexity index is 2360. The van der Waals surface area contributed by atoms with Crippen LogP contribution in [0.4, 0.5) is 4.79 Å². The van der Waals surface area contributed by atoms with E-state index in [0.29, 0.717) is 105 Å². The molecule has 2 aliphatic heterocycles. The van der Waals surface area contributed by atoms with Crippen LogP contribution in [0.1, 0.15) is 57.8 Å². The van der Waals surface area contributed by atoms with Gasteiger partial charge >= 0.3 is 6.09 Å². The lowest BCUT2D eigenvalue weighted by Crippen LogP contribution is -2.43. The molecule has 2 atom stereocenters. The smallest absolute Gasteiger partial charge is 0.410 e. The zero-order valence-corrected chi connectivity index (χ0v) is 34.4. The lowest BCUT2D eigenvalue weighted by Gasteiger charge is -2.29. The van der Waals surface area contributed by atoms with Crippen molar-refractivity contribution in [1.29, 1.82) is 0 Å². The van der Waals surface area contributed by atoms with Gasteiger partial charge in [-0.1, -0.05) is 41.4 Å². The van der Waals surface area contributed by atoms with E-state index < -0.39 is 11.7 Å². The first-order valence-corrected chi connectivity index (χ1v) is 19.7. The van der Waals surface area contributed by atoms with Crippen molar-refractivity contribution in [3.05, 3.63) is 76.3 Å². The molecule has 3 N–H and O–H groups in total. The van der Waals surface area contributed by atoms with E-state index in [2.05, 4.69) is 31.0 Å². The van der Waals surface area contributed by atoms with Crippen molar-refractivity contribution in [2.45, 2.75) is 77.2 Å². The lowest BCUT2D eigenvalue weighted by molar-refractivity contribution is -0.120. The number of aromatic nitrogens is 5. The number of carbonyl (C=O) groups excluding carboxylic acids is 3. The monoisotopic (exact) mass is 829 g/mol. The van der Waals surface area contributed by atoms with Gasteiger partial charge in [0.1, 0.15) is 5.60 Å². The third-order valence-electron chi connectivity index (χ3n) is 9.82. The quantitative estimate of drug-likeness (QED) is 0.123. The number of carbonyl (C=O) groups is 3. The summed E-state index contributed by atoms with van der Waals surface area (Å²) < 4.78 is 18.8. The molecule has 0 radical (unpaired) electrons. The van der Waals surface area contributed by atoms with Gasteiger partial charge in [-0.25, -0.2) is 19.3 Å². The third-order valence-corrected chi connectivity index (χ3v) is 10.6. The van der Waals surface area contributed by atoms with Crippen molar-refractivity contribution in [1.82, 2.24) is 45.4 Å². The number of halogens is 2. The summed E-state index contributed by atoms with van der Waals surface area (Å²) in [6, 6.07) is 12.8. The highest BCUT2D eigenvalue weighted by Crippen LogP contribution is 2.42. The summed E-state index contributed by atoms with van der Waals surface area (Å²) in [7, 11) is 3.08. The van der Waals surface area contributed by atoms with Gasteiger partial charge < -0.3 is 35.1 Å². The van der Waals surface area contributed by atoms with Crippen LogP contribution in [0.5, 0.6) is 11.6 Å². The maximum absolute atomic E-state index is 13.3. The highest BCUT2D eigenvalue weighted by Gasteiger charge is 2.30. The summed E-state index contributed by atoms with van der Waals surface area (Å²) in [5.74, 6) is 1.40. The highest BCUT2D eigenvalue weighted by atomic mass is 35.5. The summed E-state index contributed by atoms with van der Waals surface area (Å²) >= 11 is 14.3. The Morgan fingerprint density at radius 2 is 1.67 bits per heavy atom. The van der Waals surface area contributed by atoms with Gasteiger partial charge in [0, 0.05) is 78.2 Å². The highest BCUT2D eigenvalue weighted by molar-refractivity contribution is 6.39. The van der Waals surface area contributed by atoms with Crippen LogP contribution in [0.15, 0.2) is 54.9 Å². The number of fused-ring (bicyclic) bond motifs is 1. The Morgan fingerprint density at radius 3 is 2.36 bits per heavy atom. The number of hydrogen-bond donors (Lipinski definition) is 3. The second kappa shape index (κ2) is 17.1. The molecule has 3 amide bonds.